The van der Waals surface area contributed by atoms with Crippen LogP contribution in [0.15, 0.2) is 29.2 Å². The van der Waals surface area contributed by atoms with Gasteiger partial charge in [-0.15, -0.1) is 11.8 Å². The zero-order valence-electron chi connectivity index (χ0n) is 17.4. The fourth-order valence-corrected chi connectivity index (χ4v) is 4.69. The highest BCUT2D eigenvalue weighted by atomic mass is 32.2. The van der Waals surface area contributed by atoms with E-state index in [0.717, 1.165) is 23.4 Å². The number of anilines is 1. The average molecular weight is 420 g/mol. The molecule has 2 aliphatic heterocycles. The van der Waals surface area contributed by atoms with Gasteiger partial charge in [-0.3, -0.25) is 9.59 Å². The lowest BCUT2D eigenvalue weighted by molar-refractivity contribution is -0.133. The maximum atomic E-state index is 13.0. The number of fused-ring (bicyclic) bond motifs is 1. The molecule has 1 aromatic carbocycles. The molecule has 0 saturated carbocycles. The third-order valence-electron chi connectivity index (χ3n) is 4.95. The van der Waals surface area contributed by atoms with Crippen LogP contribution in [0.4, 0.5) is 10.5 Å². The van der Waals surface area contributed by atoms with Crippen molar-refractivity contribution >= 4 is 35.4 Å². The van der Waals surface area contributed by atoms with E-state index in [4.69, 9.17) is 4.74 Å². The van der Waals surface area contributed by atoms with E-state index in [1.165, 1.54) is 16.7 Å². The molecule has 0 aromatic heterocycles. The number of thioether (sulfide) groups is 1. The number of benzene rings is 1. The van der Waals surface area contributed by atoms with E-state index in [1.807, 2.05) is 49.9 Å². The molecule has 1 aromatic rings. The largest absolute Gasteiger partial charge is 0.444 e. The van der Waals surface area contributed by atoms with Crippen molar-refractivity contribution in [1.29, 1.82) is 0 Å². The molecule has 1 fully saturated rings. The Morgan fingerprint density at radius 1 is 1.31 bits per heavy atom. The number of amides is 3. The Morgan fingerprint density at radius 2 is 2.03 bits per heavy atom. The second-order valence-corrected chi connectivity index (χ2v) is 9.78. The number of rotatable bonds is 4. The third kappa shape index (κ3) is 5.44. The lowest BCUT2D eigenvalue weighted by atomic mass is 10.2. The molecule has 158 valence electrons. The molecule has 8 heteroatoms. The number of hydrogen-bond acceptors (Lipinski definition) is 5. The van der Waals surface area contributed by atoms with Crippen molar-refractivity contribution < 1.29 is 19.1 Å². The number of hydrogen-bond donors (Lipinski definition) is 1. The second kappa shape index (κ2) is 8.65. The van der Waals surface area contributed by atoms with Crippen LogP contribution < -0.4 is 5.32 Å². The molecule has 2 atom stereocenters. The molecule has 0 spiro atoms. The lowest BCUT2D eigenvalue weighted by Crippen LogP contribution is -2.46. The van der Waals surface area contributed by atoms with Crippen LogP contribution in [0.1, 0.15) is 40.0 Å². The first kappa shape index (κ1) is 21.5. The number of likely N-dealkylation sites (N-methyl/N-ethyl adjacent to an activating group) is 1. The van der Waals surface area contributed by atoms with Crippen molar-refractivity contribution in [3.8, 4) is 0 Å². The van der Waals surface area contributed by atoms with Gasteiger partial charge in [0.15, 0.2) is 0 Å². The van der Waals surface area contributed by atoms with Gasteiger partial charge in [0.1, 0.15) is 5.60 Å². The summed E-state index contributed by atoms with van der Waals surface area (Å²) in [6, 6.07) is 7.56. The molecule has 2 unspecified atom stereocenters. The van der Waals surface area contributed by atoms with E-state index < -0.39 is 16.9 Å². The fraction of sp³-hybridized carbons (Fsp3) is 0.571. The minimum absolute atomic E-state index is 0.0443. The number of nitrogens with one attached hydrogen (secondary N) is 1. The topological polar surface area (TPSA) is 79.0 Å². The van der Waals surface area contributed by atoms with Gasteiger partial charge in [0.2, 0.25) is 11.8 Å². The maximum absolute atomic E-state index is 13.0. The van der Waals surface area contributed by atoms with Gasteiger partial charge >= 0.3 is 6.09 Å². The Hall–Kier alpha value is -2.22. The first-order valence-electron chi connectivity index (χ1n) is 9.94. The molecular formula is C21H29N3O4S. The predicted molar refractivity (Wildman–Crippen MR) is 113 cm³/mol. The molecule has 2 heterocycles. The number of likely N-dealkylation sites (tertiary alicyclic amines) is 1. The van der Waals surface area contributed by atoms with Gasteiger partial charge in [-0.05, 0) is 45.7 Å². The Morgan fingerprint density at radius 3 is 2.76 bits per heavy atom. The summed E-state index contributed by atoms with van der Waals surface area (Å²) in [5.41, 5.74) is 0.238. The predicted octanol–water partition coefficient (Wildman–Crippen LogP) is 3.35. The van der Waals surface area contributed by atoms with Crippen LogP contribution in [-0.4, -0.2) is 64.7 Å². The average Bonchev–Trinajstić information content (AvgIpc) is 3.09. The van der Waals surface area contributed by atoms with Gasteiger partial charge < -0.3 is 19.9 Å². The maximum Gasteiger partial charge on any atom is 0.410 e. The summed E-state index contributed by atoms with van der Waals surface area (Å²) < 4.78 is 5.40. The Labute approximate surface area is 176 Å². The van der Waals surface area contributed by atoms with Gasteiger partial charge in [-0.25, -0.2) is 4.79 Å². The summed E-state index contributed by atoms with van der Waals surface area (Å²) in [6.07, 6.45) is 1.49. The first-order chi connectivity index (χ1) is 13.6. The molecular weight excluding hydrogens is 390 g/mol. The van der Waals surface area contributed by atoms with E-state index in [2.05, 4.69) is 5.32 Å². The SMILES string of the molecule is CN(CC1CCCN1C(=O)CC1Sc2ccccc2NC1=O)C(=O)OC(C)(C)C. The van der Waals surface area contributed by atoms with Crippen molar-refractivity contribution in [2.75, 3.05) is 25.5 Å². The number of ether oxygens (including phenoxy) is 1. The number of carbonyl (C=O) groups is 3. The van der Waals surface area contributed by atoms with E-state index in [1.54, 1.807) is 7.05 Å². The highest BCUT2D eigenvalue weighted by Gasteiger charge is 2.35. The van der Waals surface area contributed by atoms with Gasteiger partial charge in [0, 0.05) is 37.5 Å². The van der Waals surface area contributed by atoms with Crippen LogP contribution in [0.5, 0.6) is 0 Å². The number of para-hydroxylation sites is 1. The Balaban J connectivity index is 1.59. The van der Waals surface area contributed by atoms with Crippen LogP contribution in [0.25, 0.3) is 0 Å². The summed E-state index contributed by atoms with van der Waals surface area (Å²) in [7, 11) is 1.69. The molecule has 3 rings (SSSR count). The Bertz CT molecular complexity index is 792. The second-order valence-electron chi connectivity index (χ2n) is 8.54. The normalized spacial score (nSPS) is 21.4. The summed E-state index contributed by atoms with van der Waals surface area (Å²) in [5, 5.41) is 2.44. The van der Waals surface area contributed by atoms with E-state index in [9.17, 15) is 14.4 Å². The number of carbonyl (C=O) groups excluding carboxylic acids is 3. The van der Waals surface area contributed by atoms with Crippen molar-refractivity contribution in [2.45, 2.75) is 61.8 Å². The molecule has 29 heavy (non-hydrogen) atoms. The van der Waals surface area contributed by atoms with E-state index >= 15 is 0 Å². The van der Waals surface area contributed by atoms with Crippen LogP contribution in [-0.2, 0) is 14.3 Å². The van der Waals surface area contributed by atoms with Crippen LogP contribution in [0.3, 0.4) is 0 Å². The molecule has 0 radical (unpaired) electrons. The standard InChI is InChI=1S/C21H29N3O4S/c1-21(2,3)28-20(27)23(4)13-14-8-7-11-24(14)18(25)12-17-19(26)22-15-9-5-6-10-16(15)29-17/h5-6,9-10,14,17H,7-8,11-13H2,1-4H3,(H,22,26). The first-order valence-corrected chi connectivity index (χ1v) is 10.8. The molecule has 3 amide bonds. The minimum Gasteiger partial charge on any atom is -0.444 e. The Kier molecular flexibility index (Phi) is 6.41. The summed E-state index contributed by atoms with van der Waals surface area (Å²) in [4.78, 5) is 41.9. The molecule has 1 saturated heterocycles. The highest BCUT2D eigenvalue weighted by molar-refractivity contribution is 8.01. The molecule has 0 aliphatic carbocycles. The summed E-state index contributed by atoms with van der Waals surface area (Å²) in [6.45, 7) is 6.56. The van der Waals surface area contributed by atoms with Crippen molar-refractivity contribution in [2.24, 2.45) is 0 Å². The molecule has 7 nitrogen and oxygen atoms in total. The van der Waals surface area contributed by atoms with E-state index in [0.29, 0.717) is 13.1 Å². The van der Waals surface area contributed by atoms with Gasteiger partial charge in [0.25, 0.3) is 0 Å². The lowest BCUT2D eigenvalue weighted by Gasteiger charge is -2.31. The summed E-state index contributed by atoms with van der Waals surface area (Å²) in [5.74, 6) is -0.180. The zero-order chi connectivity index (χ0) is 21.2. The van der Waals surface area contributed by atoms with Crippen molar-refractivity contribution in [1.82, 2.24) is 9.80 Å². The van der Waals surface area contributed by atoms with Crippen molar-refractivity contribution in [3.05, 3.63) is 24.3 Å². The van der Waals surface area contributed by atoms with Crippen LogP contribution in [0.2, 0.25) is 0 Å². The third-order valence-corrected chi connectivity index (χ3v) is 6.23. The smallest absolute Gasteiger partial charge is 0.410 e. The molecule has 2 aliphatic rings. The fourth-order valence-electron chi connectivity index (χ4n) is 3.59. The van der Waals surface area contributed by atoms with Gasteiger partial charge in [-0.2, -0.15) is 0 Å². The molecule has 1 N–H and O–H groups in total. The van der Waals surface area contributed by atoms with Gasteiger partial charge in [0.05, 0.1) is 10.9 Å². The monoisotopic (exact) mass is 419 g/mol. The minimum atomic E-state index is -0.557. The van der Waals surface area contributed by atoms with Crippen LogP contribution in [0, 0.1) is 0 Å². The van der Waals surface area contributed by atoms with Crippen molar-refractivity contribution in [3.63, 3.8) is 0 Å². The van der Waals surface area contributed by atoms with E-state index in [-0.39, 0.29) is 24.3 Å². The summed E-state index contributed by atoms with van der Waals surface area (Å²) >= 11 is 1.43. The highest BCUT2D eigenvalue weighted by Crippen LogP contribution is 2.37. The zero-order valence-corrected chi connectivity index (χ0v) is 18.3. The number of nitrogens with zero attached hydrogens (tertiary/aromatic N) is 2. The quantitative estimate of drug-likeness (QED) is 0.810. The van der Waals surface area contributed by atoms with Gasteiger partial charge in [-0.1, -0.05) is 12.1 Å². The molecule has 0 bridgehead atoms. The van der Waals surface area contributed by atoms with Crippen LogP contribution >= 0.6 is 11.8 Å².